The molecule has 136 valence electrons. The topological polar surface area (TPSA) is 52.7 Å². The number of hydrogen-bond acceptors (Lipinski definition) is 3. The summed E-state index contributed by atoms with van der Waals surface area (Å²) in [6, 6.07) is 5.91. The second-order valence-corrected chi connectivity index (χ2v) is 6.29. The molecule has 1 saturated heterocycles. The number of carbonyl (C=O) groups is 2. The number of amides is 2. The molecule has 1 aromatic carbocycles. The summed E-state index contributed by atoms with van der Waals surface area (Å²) in [4.78, 5) is 28.5. The first-order valence-electron chi connectivity index (χ1n) is 8.66. The van der Waals surface area contributed by atoms with Crippen LogP contribution in [-0.2, 0) is 16.0 Å². The monoisotopic (exact) mass is 347 g/mol. The smallest absolute Gasteiger partial charge is 0.237 e. The molecule has 0 spiro atoms. The molecule has 25 heavy (non-hydrogen) atoms. The molecule has 0 bridgehead atoms. The van der Waals surface area contributed by atoms with Gasteiger partial charge < -0.3 is 10.2 Å². The Morgan fingerprint density at radius 1 is 1.32 bits per heavy atom. The third kappa shape index (κ3) is 5.67. The number of rotatable bonds is 6. The molecule has 0 radical (unpaired) electrons. The number of hydrogen-bond donors (Lipinski definition) is 1. The third-order valence-corrected chi connectivity index (χ3v) is 4.48. The van der Waals surface area contributed by atoms with Gasteiger partial charge in [0, 0.05) is 32.7 Å². The minimum absolute atomic E-state index is 0.00351. The molecule has 2 amide bonds. The van der Waals surface area contributed by atoms with Crippen molar-refractivity contribution in [1.29, 1.82) is 0 Å². The minimum Gasteiger partial charge on any atom is -0.351 e. The van der Waals surface area contributed by atoms with Crippen LogP contribution in [0.5, 0.6) is 0 Å². The van der Waals surface area contributed by atoms with Crippen molar-refractivity contribution in [1.82, 2.24) is 15.1 Å². The maximum atomic E-state index is 13.3. The Balaban J connectivity index is 1.88. The van der Waals surface area contributed by atoms with Gasteiger partial charge in [-0.1, -0.05) is 18.2 Å². The average molecular weight is 347 g/mol. The van der Waals surface area contributed by atoms with Crippen LogP contribution in [0, 0.1) is 5.82 Å². The second-order valence-electron chi connectivity index (χ2n) is 6.29. The van der Waals surface area contributed by atoms with E-state index in [4.69, 9.17) is 0 Å². The van der Waals surface area contributed by atoms with Crippen molar-refractivity contribution in [3.63, 3.8) is 0 Å². The third-order valence-electron chi connectivity index (χ3n) is 4.48. The van der Waals surface area contributed by atoms with E-state index in [2.05, 4.69) is 16.8 Å². The Hall–Kier alpha value is -2.21. The van der Waals surface area contributed by atoms with Gasteiger partial charge in [0.25, 0.3) is 0 Å². The summed E-state index contributed by atoms with van der Waals surface area (Å²) in [5, 5.41) is 2.81. The molecule has 1 fully saturated rings. The van der Waals surface area contributed by atoms with E-state index in [1.165, 1.54) is 12.1 Å². The molecular weight excluding hydrogens is 321 g/mol. The minimum atomic E-state index is -0.327. The van der Waals surface area contributed by atoms with Gasteiger partial charge in [-0.2, -0.15) is 0 Å². The number of halogens is 1. The molecule has 1 heterocycles. The molecule has 2 rings (SSSR count). The van der Waals surface area contributed by atoms with Crippen LogP contribution >= 0.6 is 0 Å². The maximum Gasteiger partial charge on any atom is 0.237 e. The zero-order valence-corrected chi connectivity index (χ0v) is 14.7. The van der Waals surface area contributed by atoms with Gasteiger partial charge in [0.1, 0.15) is 5.82 Å². The molecule has 1 aliphatic heterocycles. The molecule has 5 nitrogen and oxygen atoms in total. The summed E-state index contributed by atoms with van der Waals surface area (Å²) in [6.45, 7) is 8.58. The Morgan fingerprint density at radius 3 is 2.84 bits per heavy atom. The molecule has 0 aromatic heterocycles. The van der Waals surface area contributed by atoms with Gasteiger partial charge in [-0.05, 0) is 31.0 Å². The average Bonchev–Trinajstić information content (AvgIpc) is 2.85. The Labute approximate surface area is 148 Å². The van der Waals surface area contributed by atoms with Crippen LogP contribution < -0.4 is 5.32 Å². The number of benzene rings is 1. The zero-order chi connectivity index (χ0) is 18.2. The summed E-state index contributed by atoms with van der Waals surface area (Å²) in [5.74, 6) is -0.359. The van der Waals surface area contributed by atoms with Crippen molar-refractivity contribution in [3.8, 4) is 0 Å². The summed E-state index contributed by atoms with van der Waals surface area (Å²) in [7, 11) is 0. The quantitative estimate of drug-likeness (QED) is 0.795. The van der Waals surface area contributed by atoms with Crippen LogP contribution in [0.4, 0.5) is 4.39 Å². The second kappa shape index (κ2) is 9.32. The van der Waals surface area contributed by atoms with E-state index >= 15 is 0 Å². The van der Waals surface area contributed by atoms with E-state index in [1.807, 2.05) is 6.92 Å². The maximum absolute atomic E-state index is 13.3. The first-order valence-corrected chi connectivity index (χ1v) is 8.66. The summed E-state index contributed by atoms with van der Waals surface area (Å²) in [5.41, 5.74) is 0.684. The van der Waals surface area contributed by atoms with Crippen LogP contribution in [0.15, 0.2) is 36.9 Å². The van der Waals surface area contributed by atoms with Crippen molar-refractivity contribution >= 4 is 11.8 Å². The number of carbonyl (C=O) groups excluding carboxylic acids is 2. The van der Waals surface area contributed by atoms with Crippen molar-refractivity contribution in [2.75, 3.05) is 32.7 Å². The van der Waals surface area contributed by atoms with E-state index < -0.39 is 0 Å². The normalized spacial score (nSPS) is 16.8. The van der Waals surface area contributed by atoms with Gasteiger partial charge in [0.05, 0.1) is 12.5 Å². The van der Waals surface area contributed by atoms with E-state index in [0.29, 0.717) is 31.7 Å². The van der Waals surface area contributed by atoms with Crippen molar-refractivity contribution in [3.05, 3.63) is 48.3 Å². The van der Waals surface area contributed by atoms with Gasteiger partial charge in [-0.15, -0.1) is 6.58 Å². The fourth-order valence-corrected chi connectivity index (χ4v) is 2.99. The summed E-state index contributed by atoms with van der Waals surface area (Å²) < 4.78 is 13.3. The van der Waals surface area contributed by atoms with Gasteiger partial charge in [0.15, 0.2) is 0 Å². The van der Waals surface area contributed by atoms with Gasteiger partial charge in [-0.3, -0.25) is 14.5 Å². The van der Waals surface area contributed by atoms with Gasteiger partial charge in [0.2, 0.25) is 11.8 Å². The molecule has 1 aliphatic rings. The molecule has 1 atom stereocenters. The van der Waals surface area contributed by atoms with Crippen LogP contribution in [0.25, 0.3) is 0 Å². The zero-order valence-electron chi connectivity index (χ0n) is 14.7. The van der Waals surface area contributed by atoms with Crippen molar-refractivity contribution in [2.45, 2.75) is 25.8 Å². The fourth-order valence-electron chi connectivity index (χ4n) is 2.99. The van der Waals surface area contributed by atoms with Crippen LogP contribution in [0.1, 0.15) is 18.9 Å². The molecule has 1 aromatic rings. The van der Waals surface area contributed by atoms with E-state index in [9.17, 15) is 14.0 Å². The van der Waals surface area contributed by atoms with E-state index in [1.54, 1.807) is 23.1 Å². The van der Waals surface area contributed by atoms with Crippen molar-refractivity contribution < 1.29 is 14.0 Å². The Bertz CT molecular complexity index is 620. The molecular formula is C19H26FN3O2. The fraction of sp³-hybridized carbons (Fsp3) is 0.474. The predicted octanol–water partition coefficient (Wildman–Crippen LogP) is 1.59. The highest BCUT2D eigenvalue weighted by Crippen LogP contribution is 2.11. The first-order chi connectivity index (χ1) is 12.0. The first kappa shape index (κ1) is 19.1. The SMILES string of the molecule is C=CCNC(=O)C(C)N1CCCN(C(=O)Cc2cccc(F)c2)CC1. The molecule has 6 heteroatoms. The van der Waals surface area contributed by atoms with Crippen LogP contribution in [0.2, 0.25) is 0 Å². The lowest BCUT2D eigenvalue weighted by atomic mass is 10.1. The highest BCUT2D eigenvalue weighted by molar-refractivity contribution is 5.81. The lowest BCUT2D eigenvalue weighted by molar-refractivity contribution is -0.130. The van der Waals surface area contributed by atoms with Crippen molar-refractivity contribution in [2.24, 2.45) is 0 Å². The van der Waals surface area contributed by atoms with E-state index in [-0.39, 0.29) is 30.1 Å². The van der Waals surface area contributed by atoms with Gasteiger partial charge >= 0.3 is 0 Å². The molecule has 0 aliphatic carbocycles. The number of nitrogens with zero attached hydrogens (tertiary/aromatic N) is 2. The molecule has 1 unspecified atom stereocenters. The largest absolute Gasteiger partial charge is 0.351 e. The van der Waals surface area contributed by atoms with E-state index in [0.717, 1.165) is 13.0 Å². The van der Waals surface area contributed by atoms with Crippen LogP contribution in [-0.4, -0.2) is 60.4 Å². The van der Waals surface area contributed by atoms with Crippen LogP contribution in [0.3, 0.4) is 0 Å². The summed E-state index contributed by atoms with van der Waals surface area (Å²) in [6.07, 6.45) is 2.67. The molecule has 0 saturated carbocycles. The highest BCUT2D eigenvalue weighted by atomic mass is 19.1. The standard InChI is InChI=1S/C19H26FN3O2/c1-3-8-21-19(25)15(2)22-9-5-10-23(12-11-22)18(24)14-16-6-4-7-17(20)13-16/h3-4,6-7,13,15H,1,5,8-12,14H2,2H3,(H,21,25). The highest BCUT2D eigenvalue weighted by Gasteiger charge is 2.25. The van der Waals surface area contributed by atoms with Gasteiger partial charge in [-0.25, -0.2) is 4.39 Å². The Morgan fingerprint density at radius 2 is 2.12 bits per heavy atom. The lowest BCUT2D eigenvalue weighted by Gasteiger charge is -2.26. The lowest BCUT2D eigenvalue weighted by Crippen LogP contribution is -2.46. The Kier molecular flexibility index (Phi) is 7.13. The molecule has 1 N–H and O–H groups in total. The summed E-state index contributed by atoms with van der Waals surface area (Å²) >= 11 is 0. The predicted molar refractivity (Wildman–Crippen MR) is 95.5 cm³/mol. The number of nitrogens with one attached hydrogen (secondary N) is 1.